The highest BCUT2D eigenvalue weighted by Gasteiger charge is 2.83. The summed E-state index contributed by atoms with van der Waals surface area (Å²) >= 11 is 0. The van der Waals surface area contributed by atoms with Crippen LogP contribution in [0.1, 0.15) is 54.9 Å². The summed E-state index contributed by atoms with van der Waals surface area (Å²) in [5.74, 6) is -1.97. The third-order valence-electron chi connectivity index (χ3n) is 10.4. The summed E-state index contributed by atoms with van der Waals surface area (Å²) in [5, 5.41) is 34.9. The molecule has 1 heterocycles. The second-order valence-corrected chi connectivity index (χ2v) is 12.2. The van der Waals surface area contributed by atoms with Crippen LogP contribution in [-0.4, -0.2) is 56.9 Å². The Bertz CT molecular complexity index is 845. The number of aliphatic hydroxyl groups is 3. The van der Waals surface area contributed by atoms with E-state index in [0.717, 1.165) is 6.42 Å². The summed E-state index contributed by atoms with van der Waals surface area (Å²) in [6.07, 6.45) is 2.44. The fourth-order valence-electron chi connectivity index (χ4n) is 8.20. The van der Waals surface area contributed by atoms with E-state index < -0.39 is 51.4 Å². The van der Waals surface area contributed by atoms with Crippen molar-refractivity contribution in [2.45, 2.75) is 84.1 Å². The van der Waals surface area contributed by atoms with Gasteiger partial charge in [0.15, 0.2) is 17.2 Å². The summed E-state index contributed by atoms with van der Waals surface area (Å²) in [5.41, 5.74) is -4.74. The van der Waals surface area contributed by atoms with E-state index in [2.05, 4.69) is 6.92 Å². The number of ketones is 1. The molecule has 0 bridgehead atoms. The van der Waals surface area contributed by atoms with Crippen molar-refractivity contribution < 1.29 is 29.6 Å². The molecule has 0 aromatic carbocycles. The molecule has 0 aromatic rings. The molecule has 10 atom stereocenters. The zero-order valence-electron chi connectivity index (χ0n) is 19.1. The van der Waals surface area contributed by atoms with Gasteiger partial charge in [0.1, 0.15) is 6.10 Å². The van der Waals surface area contributed by atoms with Gasteiger partial charge in [-0.3, -0.25) is 4.79 Å². The van der Waals surface area contributed by atoms with Crippen LogP contribution in [0.5, 0.6) is 0 Å². The van der Waals surface area contributed by atoms with Crippen LogP contribution >= 0.6 is 0 Å². The first-order valence-corrected chi connectivity index (χ1v) is 11.3. The average Bonchev–Trinajstić information content (AvgIpc) is 3.25. The Balaban J connectivity index is 1.77. The van der Waals surface area contributed by atoms with Gasteiger partial charge >= 0.3 is 0 Å². The monoisotopic (exact) mass is 420 g/mol. The van der Waals surface area contributed by atoms with Gasteiger partial charge in [-0.1, -0.05) is 33.8 Å². The molecular weight excluding hydrogens is 384 g/mol. The van der Waals surface area contributed by atoms with Crippen LogP contribution in [0.3, 0.4) is 0 Å². The van der Waals surface area contributed by atoms with Crippen molar-refractivity contribution in [2.75, 3.05) is 6.61 Å². The van der Waals surface area contributed by atoms with E-state index >= 15 is 0 Å². The Kier molecular flexibility index (Phi) is 3.79. The predicted molar refractivity (Wildman–Crippen MR) is 109 cm³/mol. The maximum atomic E-state index is 13.2. The lowest BCUT2D eigenvalue weighted by Gasteiger charge is -2.65. The average molecular weight is 421 g/mol. The molecule has 4 fully saturated rings. The smallest absolute Gasteiger partial charge is 0.190 e. The van der Waals surface area contributed by atoms with Gasteiger partial charge in [-0.25, -0.2) is 0 Å². The number of carbonyl (C=O) groups excluding carboxylic acids is 1. The molecule has 1 aliphatic heterocycles. The number of hydrogen-bond acceptors (Lipinski definition) is 6. The third kappa shape index (κ3) is 2.02. The molecule has 3 saturated carbocycles. The number of ether oxygens (including phenoxy) is 2. The van der Waals surface area contributed by atoms with Gasteiger partial charge in [-0.05, 0) is 61.9 Å². The number of hydrogen-bond donors (Lipinski definition) is 3. The Labute approximate surface area is 178 Å². The Hall–Kier alpha value is -0.790. The summed E-state index contributed by atoms with van der Waals surface area (Å²) < 4.78 is 12.4. The van der Waals surface area contributed by atoms with Crippen molar-refractivity contribution in [1.29, 1.82) is 0 Å². The van der Waals surface area contributed by atoms with E-state index in [4.69, 9.17) is 9.47 Å². The first kappa shape index (κ1) is 21.1. The predicted octanol–water partition coefficient (Wildman–Crippen LogP) is 2.05. The largest absolute Gasteiger partial charge is 0.390 e. The SMILES string of the molecule is C[C@@H]1[C@@H](O)[C@@](C)(O)C(C)(C)[C@@H]2[C@@H]3C[C@@]34COC(C)(C)OC4[C@]3(O)C(=O)C=C[C@H]3[C@@]12C. The van der Waals surface area contributed by atoms with E-state index in [1.54, 1.807) is 6.92 Å². The maximum absolute atomic E-state index is 13.2. The molecule has 1 spiro atoms. The molecule has 1 saturated heterocycles. The molecule has 3 N–H and O–H groups in total. The van der Waals surface area contributed by atoms with Crippen LogP contribution in [0.25, 0.3) is 0 Å². The fraction of sp³-hybridized carbons (Fsp3) is 0.875. The molecule has 5 aliphatic rings. The van der Waals surface area contributed by atoms with Crippen LogP contribution in [-0.2, 0) is 14.3 Å². The van der Waals surface area contributed by atoms with Crippen LogP contribution in [0.15, 0.2) is 12.2 Å². The molecule has 0 amide bonds. The van der Waals surface area contributed by atoms with E-state index in [9.17, 15) is 20.1 Å². The van der Waals surface area contributed by atoms with Gasteiger partial charge in [-0.15, -0.1) is 0 Å². The van der Waals surface area contributed by atoms with Gasteiger partial charge in [0.05, 0.1) is 18.3 Å². The van der Waals surface area contributed by atoms with E-state index in [-0.39, 0.29) is 23.5 Å². The second-order valence-electron chi connectivity index (χ2n) is 12.2. The minimum Gasteiger partial charge on any atom is -0.390 e. The fourth-order valence-corrected chi connectivity index (χ4v) is 8.20. The lowest BCUT2D eigenvalue weighted by molar-refractivity contribution is -0.330. The minimum atomic E-state index is -1.70. The quantitative estimate of drug-likeness (QED) is 0.555. The van der Waals surface area contributed by atoms with Crippen molar-refractivity contribution >= 4 is 5.78 Å². The second kappa shape index (κ2) is 5.40. The van der Waals surface area contributed by atoms with Gasteiger partial charge in [0, 0.05) is 11.3 Å². The Morgan fingerprint density at radius 3 is 2.37 bits per heavy atom. The zero-order chi connectivity index (χ0) is 22.3. The van der Waals surface area contributed by atoms with Gasteiger partial charge in [0.25, 0.3) is 0 Å². The summed E-state index contributed by atoms with van der Waals surface area (Å²) in [6.45, 7) is 13.9. The lowest BCUT2D eigenvalue weighted by atomic mass is 9.42. The van der Waals surface area contributed by atoms with Gasteiger partial charge in [-0.2, -0.15) is 0 Å². The molecule has 6 nitrogen and oxygen atoms in total. The van der Waals surface area contributed by atoms with Crippen molar-refractivity contribution in [1.82, 2.24) is 0 Å². The summed E-state index contributed by atoms with van der Waals surface area (Å²) in [6, 6.07) is 0. The van der Waals surface area contributed by atoms with Crippen molar-refractivity contribution in [2.24, 2.45) is 39.9 Å². The van der Waals surface area contributed by atoms with Gasteiger partial charge < -0.3 is 24.8 Å². The summed E-state index contributed by atoms with van der Waals surface area (Å²) in [7, 11) is 0. The highest BCUT2D eigenvalue weighted by atomic mass is 16.7. The van der Waals surface area contributed by atoms with E-state index in [1.807, 2.05) is 40.7 Å². The number of carbonyl (C=O) groups is 1. The van der Waals surface area contributed by atoms with Crippen molar-refractivity contribution in [3.8, 4) is 0 Å². The Morgan fingerprint density at radius 2 is 1.73 bits per heavy atom. The van der Waals surface area contributed by atoms with Crippen molar-refractivity contribution in [3.05, 3.63) is 12.2 Å². The molecule has 0 aromatic heterocycles. The van der Waals surface area contributed by atoms with Crippen LogP contribution in [0.4, 0.5) is 0 Å². The van der Waals surface area contributed by atoms with Crippen LogP contribution in [0, 0.1) is 39.9 Å². The minimum absolute atomic E-state index is 0.0381. The molecule has 6 heteroatoms. The van der Waals surface area contributed by atoms with Gasteiger partial charge in [0.2, 0.25) is 0 Å². The molecule has 5 rings (SSSR count). The Morgan fingerprint density at radius 1 is 1.10 bits per heavy atom. The molecule has 1 unspecified atom stereocenters. The first-order chi connectivity index (χ1) is 13.6. The topological polar surface area (TPSA) is 96.2 Å². The molecule has 168 valence electrons. The number of aliphatic hydroxyl groups excluding tert-OH is 1. The standard InChI is InChI=1S/C24H36O6/c1-12-17(26)22(7,27)19(2,3)16-13-10-23(13)11-29-20(4,5)30-18(23)24(28)14(21(12,16)6)8-9-15(24)25/h8-9,12-14,16-18,26-28H,10-11H2,1-7H3/t12-,13+,14+,16+,17-,18?,21-,22-,23-,24-/m1/s1. The maximum Gasteiger partial charge on any atom is 0.190 e. The normalized spacial score (nSPS) is 60.1. The van der Waals surface area contributed by atoms with Crippen molar-refractivity contribution in [3.63, 3.8) is 0 Å². The van der Waals surface area contributed by atoms with Crippen LogP contribution in [0.2, 0.25) is 0 Å². The molecule has 30 heavy (non-hydrogen) atoms. The molecule has 4 aliphatic carbocycles. The third-order valence-corrected chi connectivity index (χ3v) is 10.4. The lowest BCUT2D eigenvalue weighted by Crippen LogP contribution is -2.71. The molecular formula is C24H36O6. The first-order valence-electron chi connectivity index (χ1n) is 11.3. The highest BCUT2D eigenvalue weighted by Crippen LogP contribution is 2.78. The molecule has 0 radical (unpaired) electrons. The van der Waals surface area contributed by atoms with E-state index in [1.165, 1.54) is 6.08 Å². The zero-order valence-corrected chi connectivity index (χ0v) is 19.1. The number of fused-ring (bicyclic) bond motifs is 5. The summed E-state index contributed by atoms with van der Waals surface area (Å²) in [4.78, 5) is 13.2. The van der Waals surface area contributed by atoms with Crippen LogP contribution < -0.4 is 0 Å². The highest BCUT2D eigenvalue weighted by molar-refractivity contribution is 6.01. The van der Waals surface area contributed by atoms with E-state index in [0.29, 0.717) is 6.61 Å². The number of rotatable bonds is 0.